The lowest BCUT2D eigenvalue weighted by Gasteiger charge is -1.98. The zero-order valence-electron chi connectivity index (χ0n) is 8.21. The van der Waals surface area contributed by atoms with Crippen molar-refractivity contribution in [3.05, 3.63) is 46.7 Å². The van der Waals surface area contributed by atoms with E-state index in [1.165, 1.54) is 6.21 Å². The van der Waals surface area contributed by atoms with Crippen LogP contribution in [0.2, 0.25) is 0 Å². The minimum Gasteiger partial charge on any atom is -0.507 e. The van der Waals surface area contributed by atoms with Crippen LogP contribution in [-0.4, -0.2) is 21.3 Å². The average molecular weight is 278 g/mol. The van der Waals surface area contributed by atoms with Gasteiger partial charge in [0.1, 0.15) is 5.75 Å². The van der Waals surface area contributed by atoms with Gasteiger partial charge in [-0.05, 0) is 24.3 Å². The minimum absolute atomic E-state index is 0.169. The maximum absolute atomic E-state index is 9.56. The molecule has 16 heavy (non-hydrogen) atoms. The van der Waals surface area contributed by atoms with Crippen LogP contribution in [0.25, 0.3) is 0 Å². The Balaban J connectivity index is 2.27. The highest BCUT2D eigenvalue weighted by Crippen LogP contribution is 2.20. The highest BCUT2D eigenvalue weighted by molar-refractivity contribution is 9.10. The number of phenols is 1. The molecule has 0 unspecified atom stereocenters. The Morgan fingerprint density at radius 2 is 2.00 bits per heavy atom. The van der Waals surface area contributed by atoms with Crippen LogP contribution in [0.5, 0.6) is 5.75 Å². The van der Waals surface area contributed by atoms with E-state index in [4.69, 9.17) is 0 Å². The molecule has 2 rings (SSSR count). The van der Waals surface area contributed by atoms with Crippen molar-refractivity contribution >= 4 is 28.1 Å². The summed E-state index contributed by atoms with van der Waals surface area (Å²) in [4.78, 5) is 11.9. The summed E-state index contributed by atoms with van der Waals surface area (Å²) in [5.41, 5.74) is 0.613. The normalized spacial score (nSPS) is 10.8. The number of phenolic OH excluding ortho intramolecular Hbond substituents is 1. The van der Waals surface area contributed by atoms with Crippen LogP contribution in [0.4, 0.5) is 5.95 Å². The van der Waals surface area contributed by atoms with E-state index in [2.05, 4.69) is 30.9 Å². The molecule has 0 atom stereocenters. The van der Waals surface area contributed by atoms with Crippen LogP contribution in [0.3, 0.4) is 0 Å². The Morgan fingerprint density at radius 3 is 2.75 bits per heavy atom. The first-order valence-corrected chi connectivity index (χ1v) is 5.34. The largest absolute Gasteiger partial charge is 0.507 e. The molecule has 0 saturated carbocycles. The highest BCUT2D eigenvalue weighted by atomic mass is 79.9. The topological polar surface area (TPSA) is 58.4 Å². The fraction of sp³-hybridized carbons (Fsp3) is 0. The summed E-state index contributed by atoms with van der Waals surface area (Å²) in [5, 5.41) is 9.56. The van der Waals surface area contributed by atoms with Gasteiger partial charge >= 0.3 is 0 Å². The maximum atomic E-state index is 9.56. The number of hydrogen-bond donors (Lipinski definition) is 1. The Labute approximate surface area is 101 Å². The van der Waals surface area contributed by atoms with E-state index in [0.29, 0.717) is 11.5 Å². The molecule has 0 saturated heterocycles. The van der Waals surface area contributed by atoms with Gasteiger partial charge in [0.2, 0.25) is 5.95 Å². The number of benzene rings is 1. The molecular weight excluding hydrogens is 270 g/mol. The summed E-state index contributed by atoms with van der Waals surface area (Å²) in [5.74, 6) is 0.532. The fourth-order valence-corrected chi connectivity index (χ4v) is 1.49. The highest BCUT2D eigenvalue weighted by Gasteiger charge is 1.98. The Hall–Kier alpha value is -1.75. The van der Waals surface area contributed by atoms with Crippen molar-refractivity contribution in [3.63, 3.8) is 0 Å². The number of hydrogen-bond acceptors (Lipinski definition) is 4. The van der Waals surface area contributed by atoms with Gasteiger partial charge in [0.25, 0.3) is 0 Å². The molecule has 0 spiro atoms. The van der Waals surface area contributed by atoms with Crippen molar-refractivity contribution in [2.45, 2.75) is 0 Å². The van der Waals surface area contributed by atoms with Gasteiger partial charge in [-0.3, -0.25) is 0 Å². The van der Waals surface area contributed by atoms with E-state index in [-0.39, 0.29) is 5.75 Å². The van der Waals surface area contributed by atoms with Gasteiger partial charge in [-0.2, -0.15) is 0 Å². The van der Waals surface area contributed by atoms with Crippen molar-refractivity contribution in [1.29, 1.82) is 0 Å². The van der Waals surface area contributed by atoms with E-state index in [1.54, 1.807) is 36.7 Å². The predicted octanol–water partition coefficient (Wildman–Crippen LogP) is 2.70. The van der Waals surface area contributed by atoms with Crippen molar-refractivity contribution in [2.75, 3.05) is 0 Å². The van der Waals surface area contributed by atoms with Gasteiger partial charge in [-0.25, -0.2) is 15.0 Å². The van der Waals surface area contributed by atoms with Gasteiger partial charge in [-0.1, -0.05) is 15.9 Å². The summed E-state index contributed by atoms with van der Waals surface area (Å²) in [6.07, 6.45) is 4.75. The second-order valence-electron chi connectivity index (χ2n) is 3.01. The monoisotopic (exact) mass is 277 g/mol. The molecule has 1 heterocycles. The van der Waals surface area contributed by atoms with Crippen LogP contribution in [-0.2, 0) is 0 Å². The van der Waals surface area contributed by atoms with Crippen LogP contribution >= 0.6 is 15.9 Å². The quantitative estimate of drug-likeness (QED) is 0.859. The van der Waals surface area contributed by atoms with Crippen molar-refractivity contribution in [3.8, 4) is 5.75 Å². The third kappa shape index (κ3) is 2.64. The smallest absolute Gasteiger partial charge is 0.249 e. The van der Waals surface area contributed by atoms with E-state index in [1.807, 2.05) is 0 Å². The Bertz CT molecular complexity index is 514. The molecule has 4 nitrogen and oxygen atoms in total. The second kappa shape index (κ2) is 4.85. The first-order chi connectivity index (χ1) is 7.75. The Kier molecular flexibility index (Phi) is 3.26. The summed E-state index contributed by atoms with van der Waals surface area (Å²) in [6, 6.07) is 6.83. The number of aliphatic imine (C=N–C) groups is 1. The van der Waals surface area contributed by atoms with Gasteiger partial charge in [0, 0.05) is 28.6 Å². The number of halogens is 1. The summed E-state index contributed by atoms with van der Waals surface area (Å²) >= 11 is 3.32. The molecule has 0 bridgehead atoms. The molecular formula is C11H8BrN3O. The first-order valence-electron chi connectivity index (χ1n) is 4.55. The summed E-state index contributed by atoms with van der Waals surface area (Å²) in [7, 11) is 0. The van der Waals surface area contributed by atoms with Gasteiger partial charge < -0.3 is 5.11 Å². The van der Waals surface area contributed by atoms with Gasteiger partial charge in [0.05, 0.1) is 0 Å². The van der Waals surface area contributed by atoms with Gasteiger partial charge in [0.15, 0.2) is 0 Å². The summed E-state index contributed by atoms with van der Waals surface area (Å²) < 4.78 is 0.876. The predicted molar refractivity (Wildman–Crippen MR) is 65.1 cm³/mol. The zero-order chi connectivity index (χ0) is 11.4. The molecule has 0 aliphatic rings. The Morgan fingerprint density at radius 1 is 1.25 bits per heavy atom. The third-order valence-electron chi connectivity index (χ3n) is 1.86. The number of aromatic nitrogens is 2. The molecule has 0 aliphatic carbocycles. The van der Waals surface area contributed by atoms with E-state index < -0.39 is 0 Å². The number of nitrogens with zero attached hydrogens (tertiary/aromatic N) is 3. The molecule has 0 aliphatic heterocycles. The lowest BCUT2D eigenvalue weighted by atomic mass is 10.2. The standard InChI is InChI=1S/C11H8BrN3O/c12-9-2-3-10(16)8(6-9)7-15-11-13-4-1-5-14-11/h1-7,16H. The molecule has 2 aromatic rings. The molecule has 0 radical (unpaired) electrons. The summed E-state index contributed by atoms with van der Waals surface area (Å²) in [6.45, 7) is 0. The fourth-order valence-electron chi connectivity index (χ4n) is 1.11. The first kappa shape index (κ1) is 10.8. The molecule has 5 heteroatoms. The molecule has 1 aromatic heterocycles. The lowest BCUT2D eigenvalue weighted by Crippen LogP contribution is -1.84. The molecule has 0 fully saturated rings. The van der Waals surface area contributed by atoms with Crippen molar-refractivity contribution in [1.82, 2.24) is 9.97 Å². The molecule has 1 N–H and O–H groups in total. The van der Waals surface area contributed by atoms with E-state index >= 15 is 0 Å². The lowest BCUT2D eigenvalue weighted by molar-refractivity contribution is 0.474. The molecule has 80 valence electrons. The van der Waals surface area contributed by atoms with E-state index in [9.17, 15) is 5.11 Å². The third-order valence-corrected chi connectivity index (χ3v) is 2.35. The van der Waals surface area contributed by atoms with Crippen molar-refractivity contribution in [2.24, 2.45) is 4.99 Å². The molecule has 1 aromatic carbocycles. The average Bonchev–Trinajstić information content (AvgIpc) is 2.32. The minimum atomic E-state index is 0.169. The van der Waals surface area contributed by atoms with Crippen LogP contribution in [0.15, 0.2) is 46.1 Å². The van der Waals surface area contributed by atoms with Crippen LogP contribution < -0.4 is 0 Å². The SMILES string of the molecule is Oc1ccc(Br)cc1C=Nc1ncccn1. The molecule has 0 amide bonds. The van der Waals surface area contributed by atoms with Crippen molar-refractivity contribution < 1.29 is 5.11 Å². The zero-order valence-corrected chi connectivity index (χ0v) is 9.79. The van der Waals surface area contributed by atoms with Crippen LogP contribution in [0.1, 0.15) is 5.56 Å². The number of aromatic hydroxyl groups is 1. The van der Waals surface area contributed by atoms with Gasteiger partial charge in [-0.15, -0.1) is 0 Å². The maximum Gasteiger partial charge on any atom is 0.249 e. The number of rotatable bonds is 2. The second-order valence-corrected chi connectivity index (χ2v) is 3.93. The van der Waals surface area contributed by atoms with E-state index in [0.717, 1.165) is 4.47 Å². The van der Waals surface area contributed by atoms with Crippen LogP contribution in [0, 0.1) is 0 Å².